The van der Waals surface area contributed by atoms with Gasteiger partial charge in [-0.15, -0.1) is 0 Å². The van der Waals surface area contributed by atoms with Crippen molar-refractivity contribution in [3.63, 3.8) is 0 Å². The van der Waals surface area contributed by atoms with Crippen molar-refractivity contribution in [3.05, 3.63) is 205 Å². The normalized spacial score (nSPS) is 15.4. The number of fused-ring (bicyclic) bond motifs is 7. The van der Waals surface area contributed by atoms with Crippen LogP contribution in [0.2, 0.25) is 0 Å². The summed E-state index contributed by atoms with van der Waals surface area (Å²) >= 11 is 0. The molecule has 9 aromatic rings. The molecule has 0 spiro atoms. The monoisotopic (exact) mass is 718 g/mol. The first-order chi connectivity index (χ1) is 27.8. The van der Waals surface area contributed by atoms with Crippen LogP contribution in [0.25, 0.3) is 73.5 Å². The Morgan fingerprint density at radius 2 is 1.04 bits per heavy atom. The van der Waals surface area contributed by atoms with Crippen LogP contribution in [-0.2, 0) is 0 Å². The Morgan fingerprint density at radius 3 is 1.79 bits per heavy atom. The largest absolute Gasteiger partial charge is 0.456 e. The predicted octanol–water partition coefficient (Wildman–Crippen LogP) is 12.6. The van der Waals surface area contributed by atoms with Crippen LogP contribution in [0.3, 0.4) is 0 Å². The highest BCUT2D eigenvalue weighted by atomic mass is 16.3. The summed E-state index contributed by atoms with van der Waals surface area (Å²) < 4.78 is 6.70. The Hall–Kier alpha value is -7.37. The number of furan rings is 1. The van der Waals surface area contributed by atoms with Crippen LogP contribution in [0.1, 0.15) is 22.8 Å². The molecule has 5 heteroatoms. The second kappa shape index (κ2) is 13.2. The third-order valence-corrected chi connectivity index (χ3v) is 11.1. The molecule has 264 valence electrons. The standard InChI is InChI=1S/C51H34N4O/c1-4-14-33(15-5-1)35-26-28-39(29-27-35)55-42-24-11-10-22-40(42)46-43(55)30-31-45-48(46)47-41(23-13-25-44(47)56-45)51-53-49(36-18-8-3-9-19-36)52-50(54-51)38-21-12-20-37(32-38)34-16-6-2-7-17-34/h1-32,43,46H. The number of benzene rings is 7. The fraction of sp³-hybridized carbons (Fsp3) is 0.0392. The molecule has 1 aliphatic heterocycles. The summed E-state index contributed by atoms with van der Waals surface area (Å²) in [4.78, 5) is 18.0. The van der Waals surface area contributed by atoms with E-state index in [1.54, 1.807) is 0 Å². The first-order valence-electron chi connectivity index (χ1n) is 19.0. The fourth-order valence-electron chi connectivity index (χ4n) is 8.55. The first kappa shape index (κ1) is 32.1. The van der Waals surface area contributed by atoms with E-state index in [1.807, 2.05) is 30.3 Å². The van der Waals surface area contributed by atoms with Gasteiger partial charge < -0.3 is 9.32 Å². The number of para-hydroxylation sites is 1. The van der Waals surface area contributed by atoms with Gasteiger partial charge in [-0.05, 0) is 64.2 Å². The summed E-state index contributed by atoms with van der Waals surface area (Å²) in [5.74, 6) is 2.76. The minimum Gasteiger partial charge on any atom is -0.456 e. The van der Waals surface area contributed by atoms with E-state index in [4.69, 9.17) is 19.4 Å². The summed E-state index contributed by atoms with van der Waals surface area (Å²) in [6.45, 7) is 0. The molecule has 2 unspecified atom stereocenters. The van der Waals surface area contributed by atoms with E-state index in [0.717, 1.165) is 55.8 Å². The van der Waals surface area contributed by atoms with Crippen LogP contribution in [0.5, 0.6) is 0 Å². The molecule has 7 aromatic carbocycles. The van der Waals surface area contributed by atoms with Crippen LogP contribution in [0.4, 0.5) is 11.4 Å². The molecule has 2 aliphatic rings. The second-order valence-electron chi connectivity index (χ2n) is 14.3. The molecule has 11 rings (SSSR count). The summed E-state index contributed by atoms with van der Waals surface area (Å²) in [7, 11) is 0. The summed E-state index contributed by atoms with van der Waals surface area (Å²) in [6.07, 6.45) is 4.45. The maximum atomic E-state index is 6.70. The maximum absolute atomic E-state index is 6.70. The van der Waals surface area contributed by atoms with E-state index >= 15 is 0 Å². The van der Waals surface area contributed by atoms with Crippen LogP contribution >= 0.6 is 0 Å². The summed E-state index contributed by atoms with van der Waals surface area (Å²) in [5, 5.41) is 1.03. The average Bonchev–Trinajstić information content (AvgIpc) is 3.83. The van der Waals surface area contributed by atoms with Gasteiger partial charge in [-0.2, -0.15) is 0 Å². The van der Waals surface area contributed by atoms with E-state index in [2.05, 4.69) is 169 Å². The van der Waals surface area contributed by atoms with E-state index in [0.29, 0.717) is 17.5 Å². The number of anilines is 2. The van der Waals surface area contributed by atoms with Crippen molar-refractivity contribution in [2.45, 2.75) is 12.0 Å². The number of nitrogens with zero attached hydrogens (tertiary/aromatic N) is 4. The third kappa shape index (κ3) is 5.36. The highest BCUT2D eigenvalue weighted by molar-refractivity contribution is 5.99. The molecular formula is C51H34N4O. The van der Waals surface area contributed by atoms with Gasteiger partial charge in [0.15, 0.2) is 17.5 Å². The summed E-state index contributed by atoms with van der Waals surface area (Å²) in [6, 6.07) is 63.5. The quantitative estimate of drug-likeness (QED) is 0.171. The zero-order valence-corrected chi connectivity index (χ0v) is 30.3. The first-order valence-corrected chi connectivity index (χ1v) is 19.0. The van der Waals surface area contributed by atoms with Crippen LogP contribution in [0.15, 0.2) is 192 Å². The van der Waals surface area contributed by atoms with Crippen LogP contribution in [-0.4, -0.2) is 21.0 Å². The number of rotatable bonds is 6. The molecule has 2 atom stereocenters. The SMILES string of the molecule is C1=CC2C(c3ccccc3N2c2ccc(-c3ccccc3)cc2)c2c1oc1cccc(-c3nc(-c4ccccc4)nc(-c4cccc(-c5ccccc5)c4)n3)c21. The lowest BCUT2D eigenvalue weighted by atomic mass is 9.81. The Kier molecular flexibility index (Phi) is 7.56. The molecule has 1 aliphatic carbocycles. The van der Waals surface area contributed by atoms with Gasteiger partial charge in [-0.25, -0.2) is 15.0 Å². The van der Waals surface area contributed by atoms with E-state index in [1.165, 1.54) is 22.4 Å². The fourth-order valence-corrected chi connectivity index (χ4v) is 8.55. The molecule has 0 saturated carbocycles. The lowest BCUT2D eigenvalue weighted by molar-refractivity contribution is 0.584. The zero-order valence-electron chi connectivity index (χ0n) is 30.3. The molecule has 5 nitrogen and oxygen atoms in total. The van der Waals surface area contributed by atoms with Crippen molar-refractivity contribution in [1.29, 1.82) is 0 Å². The van der Waals surface area contributed by atoms with E-state index in [-0.39, 0.29) is 12.0 Å². The molecule has 0 amide bonds. The number of aromatic nitrogens is 3. The van der Waals surface area contributed by atoms with Gasteiger partial charge in [0.05, 0.1) is 6.04 Å². The van der Waals surface area contributed by atoms with Gasteiger partial charge >= 0.3 is 0 Å². The lowest BCUT2D eigenvalue weighted by Gasteiger charge is -2.30. The van der Waals surface area contributed by atoms with Crippen molar-refractivity contribution in [2.75, 3.05) is 4.90 Å². The third-order valence-electron chi connectivity index (χ3n) is 11.1. The Balaban J connectivity index is 1.07. The number of hydrogen-bond acceptors (Lipinski definition) is 5. The molecule has 2 aromatic heterocycles. The lowest BCUT2D eigenvalue weighted by Crippen LogP contribution is -2.30. The highest BCUT2D eigenvalue weighted by Crippen LogP contribution is 2.54. The topological polar surface area (TPSA) is 55.1 Å². The zero-order chi connectivity index (χ0) is 37.0. The van der Waals surface area contributed by atoms with Crippen LogP contribution in [0, 0.1) is 0 Å². The van der Waals surface area contributed by atoms with Crippen molar-refractivity contribution >= 4 is 28.4 Å². The molecule has 0 radical (unpaired) electrons. The molecular weight excluding hydrogens is 685 g/mol. The smallest absolute Gasteiger partial charge is 0.164 e. The molecule has 0 bridgehead atoms. The van der Waals surface area contributed by atoms with Gasteiger partial charge in [-0.1, -0.05) is 158 Å². The van der Waals surface area contributed by atoms with Crippen molar-refractivity contribution < 1.29 is 4.42 Å². The van der Waals surface area contributed by atoms with E-state index < -0.39 is 0 Å². The number of hydrogen-bond donors (Lipinski definition) is 0. The second-order valence-corrected chi connectivity index (χ2v) is 14.3. The van der Waals surface area contributed by atoms with Gasteiger partial charge in [0, 0.05) is 44.9 Å². The maximum Gasteiger partial charge on any atom is 0.164 e. The minimum absolute atomic E-state index is 0.0276. The van der Waals surface area contributed by atoms with Crippen LogP contribution < -0.4 is 4.90 Å². The Labute approximate surface area is 324 Å². The highest BCUT2D eigenvalue weighted by Gasteiger charge is 2.43. The van der Waals surface area contributed by atoms with Crippen molar-refractivity contribution in [2.24, 2.45) is 0 Å². The minimum atomic E-state index is 0.0276. The molecule has 0 fully saturated rings. The van der Waals surface area contributed by atoms with Gasteiger partial charge in [0.2, 0.25) is 0 Å². The predicted molar refractivity (Wildman–Crippen MR) is 226 cm³/mol. The average molecular weight is 719 g/mol. The van der Waals surface area contributed by atoms with Crippen molar-refractivity contribution in [1.82, 2.24) is 15.0 Å². The summed E-state index contributed by atoms with van der Waals surface area (Å²) in [5.41, 5.74) is 13.0. The van der Waals surface area contributed by atoms with Gasteiger partial charge in [0.1, 0.15) is 11.3 Å². The Morgan fingerprint density at radius 1 is 0.464 bits per heavy atom. The molecule has 56 heavy (non-hydrogen) atoms. The van der Waals surface area contributed by atoms with Gasteiger partial charge in [-0.3, -0.25) is 0 Å². The Bertz CT molecular complexity index is 2920. The molecule has 0 N–H and O–H groups in total. The van der Waals surface area contributed by atoms with Gasteiger partial charge in [0.25, 0.3) is 0 Å². The van der Waals surface area contributed by atoms with E-state index in [9.17, 15) is 0 Å². The van der Waals surface area contributed by atoms with Crippen molar-refractivity contribution in [3.8, 4) is 56.4 Å². The molecule has 0 saturated heterocycles. The molecule has 3 heterocycles.